The van der Waals surface area contributed by atoms with E-state index in [1.54, 1.807) is 6.07 Å². The Bertz CT molecular complexity index is 587. The van der Waals surface area contributed by atoms with E-state index in [2.05, 4.69) is 0 Å². The van der Waals surface area contributed by atoms with Crippen LogP contribution in [-0.4, -0.2) is 10.7 Å². The Labute approximate surface area is 104 Å². The molecule has 0 aliphatic heterocycles. The molecule has 1 aromatic rings. The summed E-state index contributed by atoms with van der Waals surface area (Å²) in [6, 6.07) is 5.09. The highest BCUT2D eigenvalue weighted by Crippen LogP contribution is 2.42. The van der Waals surface area contributed by atoms with Gasteiger partial charge in [0, 0.05) is 18.1 Å². The van der Waals surface area contributed by atoms with Crippen LogP contribution in [0.15, 0.2) is 23.8 Å². The molecule has 4 nitrogen and oxygen atoms in total. The molecule has 0 aromatic heterocycles. The molecule has 1 aromatic carbocycles. The molecule has 4 heteroatoms. The number of hydrogen-bond acceptors (Lipinski definition) is 3. The molecule has 0 saturated carbocycles. The van der Waals surface area contributed by atoms with Crippen molar-refractivity contribution in [2.75, 3.05) is 0 Å². The lowest BCUT2D eigenvalue weighted by molar-refractivity contribution is -0.385. The highest BCUT2D eigenvalue weighted by atomic mass is 16.6. The number of allylic oxidation sites excluding steroid dienone is 2. The smallest absolute Gasteiger partial charge is 0.277 e. The number of nitro benzene ring substituents is 1. The average Bonchev–Trinajstić information content (AvgIpc) is 2.62. The third kappa shape index (κ3) is 1.56. The Hall–Kier alpha value is -1.97. The van der Waals surface area contributed by atoms with Gasteiger partial charge in [-0.3, -0.25) is 14.9 Å². The lowest BCUT2D eigenvalue weighted by Crippen LogP contribution is -2.03. The second kappa shape index (κ2) is 4.05. The van der Waals surface area contributed by atoms with Gasteiger partial charge in [0.05, 0.1) is 10.5 Å². The zero-order valence-electron chi connectivity index (χ0n) is 9.94. The third-order valence-electron chi connectivity index (χ3n) is 3.74. The summed E-state index contributed by atoms with van der Waals surface area (Å²) in [7, 11) is 0. The van der Waals surface area contributed by atoms with Crippen molar-refractivity contribution in [3.05, 3.63) is 45.0 Å². The van der Waals surface area contributed by atoms with Gasteiger partial charge >= 0.3 is 0 Å². The van der Waals surface area contributed by atoms with Gasteiger partial charge in [-0.1, -0.05) is 17.7 Å². The van der Waals surface area contributed by atoms with Crippen LogP contribution in [0.3, 0.4) is 0 Å². The van der Waals surface area contributed by atoms with Crippen molar-refractivity contribution in [1.82, 2.24) is 0 Å². The van der Waals surface area contributed by atoms with Gasteiger partial charge in [0.15, 0.2) is 5.78 Å². The maximum atomic E-state index is 12.2. The number of carbonyl (C=O) groups is 1. The van der Waals surface area contributed by atoms with E-state index in [-0.39, 0.29) is 16.4 Å². The minimum Gasteiger partial charge on any atom is -0.294 e. The molecule has 0 heterocycles. The summed E-state index contributed by atoms with van der Waals surface area (Å²) in [6.45, 7) is 0. The molecule has 3 rings (SSSR count). The zero-order valence-corrected chi connectivity index (χ0v) is 9.94. The second-order valence-corrected chi connectivity index (χ2v) is 4.85. The fourth-order valence-corrected chi connectivity index (χ4v) is 2.97. The maximum absolute atomic E-state index is 12.2. The molecule has 18 heavy (non-hydrogen) atoms. The van der Waals surface area contributed by atoms with Gasteiger partial charge in [0.1, 0.15) is 0 Å². The van der Waals surface area contributed by atoms with Gasteiger partial charge in [-0.05, 0) is 31.2 Å². The molecule has 0 saturated heterocycles. The molecule has 0 amide bonds. The van der Waals surface area contributed by atoms with Crippen molar-refractivity contribution in [2.45, 2.75) is 32.1 Å². The van der Waals surface area contributed by atoms with Gasteiger partial charge in [0.25, 0.3) is 5.69 Å². The number of carbonyl (C=O) groups excluding carboxylic acids is 1. The summed E-state index contributed by atoms with van der Waals surface area (Å²) in [5.74, 6) is 0.0792. The monoisotopic (exact) mass is 243 g/mol. The molecule has 0 unspecified atom stereocenters. The molecule has 2 aliphatic rings. The molecule has 0 bridgehead atoms. The quantitative estimate of drug-likeness (QED) is 0.562. The Kier molecular flexibility index (Phi) is 2.51. The fraction of sp³-hybridized carbons (Fsp3) is 0.357. The molecule has 0 fully saturated rings. The van der Waals surface area contributed by atoms with Crippen molar-refractivity contribution in [3.63, 3.8) is 0 Å². The standard InChI is InChI=1S/C14H13NO3/c16-12-7-2-1-4-10-8-9-5-3-6-11(15(17)18)13(9)14(10)12/h3,5-6H,1-2,4,7-8H2. The van der Waals surface area contributed by atoms with E-state index >= 15 is 0 Å². The van der Waals surface area contributed by atoms with Crippen molar-refractivity contribution >= 4 is 17.0 Å². The predicted octanol–water partition coefficient (Wildman–Crippen LogP) is 3.05. The van der Waals surface area contributed by atoms with Gasteiger partial charge in [-0.25, -0.2) is 0 Å². The van der Waals surface area contributed by atoms with Crippen molar-refractivity contribution < 1.29 is 9.72 Å². The van der Waals surface area contributed by atoms with Crippen LogP contribution < -0.4 is 0 Å². The number of hydrogen-bond donors (Lipinski definition) is 0. The van der Waals surface area contributed by atoms with Gasteiger partial charge in [-0.15, -0.1) is 0 Å². The van der Waals surface area contributed by atoms with Crippen molar-refractivity contribution in [1.29, 1.82) is 0 Å². The summed E-state index contributed by atoms with van der Waals surface area (Å²) < 4.78 is 0. The zero-order chi connectivity index (χ0) is 12.7. The lowest BCUT2D eigenvalue weighted by Gasteiger charge is -2.05. The van der Waals surface area contributed by atoms with E-state index in [1.165, 1.54) is 6.07 Å². The second-order valence-electron chi connectivity index (χ2n) is 4.85. The molecular weight excluding hydrogens is 230 g/mol. The van der Waals surface area contributed by atoms with E-state index in [9.17, 15) is 14.9 Å². The number of fused-ring (bicyclic) bond motifs is 2. The fourth-order valence-electron chi connectivity index (χ4n) is 2.97. The predicted molar refractivity (Wildman–Crippen MR) is 67.2 cm³/mol. The molecule has 0 N–H and O–H groups in total. The number of nitrogens with zero attached hydrogens (tertiary/aromatic N) is 1. The number of Topliss-reactive ketones (excluding diaryl/α,β-unsaturated/α-hetero) is 1. The van der Waals surface area contributed by atoms with Crippen LogP contribution in [0.25, 0.3) is 5.57 Å². The summed E-state index contributed by atoms with van der Waals surface area (Å²) in [4.78, 5) is 22.9. The molecule has 2 aliphatic carbocycles. The van der Waals surface area contributed by atoms with E-state index in [1.807, 2.05) is 6.07 Å². The van der Waals surface area contributed by atoms with Crippen LogP contribution >= 0.6 is 0 Å². The summed E-state index contributed by atoms with van der Waals surface area (Å²) in [6.07, 6.45) is 4.02. The van der Waals surface area contributed by atoms with Crippen LogP contribution in [0.2, 0.25) is 0 Å². The Morgan fingerprint density at radius 1 is 1.17 bits per heavy atom. The number of benzene rings is 1. The number of nitro groups is 1. The first-order valence-electron chi connectivity index (χ1n) is 6.20. The number of rotatable bonds is 1. The minimum atomic E-state index is -0.382. The highest BCUT2D eigenvalue weighted by Gasteiger charge is 2.33. The van der Waals surface area contributed by atoms with Crippen LogP contribution in [0.4, 0.5) is 5.69 Å². The third-order valence-corrected chi connectivity index (χ3v) is 3.74. The first-order chi connectivity index (χ1) is 8.68. The minimum absolute atomic E-state index is 0.0766. The lowest BCUT2D eigenvalue weighted by atomic mass is 9.98. The Balaban J connectivity index is 2.21. The first-order valence-corrected chi connectivity index (χ1v) is 6.20. The Morgan fingerprint density at radius 3 is 2.72 bits per heavy atom. The van der Waals surface area contributed by atoms with E-state index < -0.39 is 0 Å². The largest absolute Gasteiger partial charge is 0.294 e. The molecular formula is C14H13NO3. The van der Waals surface area contributed by atoms with E-state index in [0.29, 0.717) is 24.0 Å². The highest BCUT2D eigenvalue weighted by molar-refractivity contribution is 6.24. The Morgan fingerprint density at radius 2 is 1.94 bits per heavy atom. The van der Waals surface area contributed by atoms with Crippen LogP contribution in [0.1, 0.15) is 36.8 Å². The van der Waals surface area contributed by atoms with Crippen LogP contribution in [-0.2, 0) is 11.2 Å². The van der Waals surface area contributed by atoms with Crippen LogP contribution in [0.5, 0.6) is 0 Å². The van der Waals surface area contributed by atoms with Crippen LogP contribution in [0, 0.1) is 10.1 Å². The molecule has 0 spiro atoms. The first kappa shape index (κ1) is 11.1. The van der Waals surface area contributed by atoms with Gasteiger partial charge in [-0.2, -0.15) is 0 Å². The topological polar surface area (TPSA) is 60.2 Å². The van der Waals surface area contributed by atoms with Gasteiger partial charge < -0.3 is 0 Å². The molecule has 0 atom stereocenters. The summed E-state index contributed by atoms with van der Waals surface area (Å²) in [5.41, 5.74) is 3.35. The molecule has 0 radical (unpaired) electrons. The van der Waals surface area contributed by atoms with E-state index in [4.69, 9.17) is 0 Å². The van der Waals surface area contributed by atoms with Crippen molar-refractivity contribution in [3.8, 4) is 0 Å². The average molecular weight is 243 g/mol. The summed E-state index contributed by atoms with van der Waals surface area (Å²) in [5, 5.41) is 11.1. The van der Waals surface area contributed by atoms with E-state index in [0.717, 1.165) is 30.4 Å². The normalized spacial score (nSPS) is 18.3. The summed E-state index contributed by atoms with van der Waals surface area (Å²) >= 11 is 0. The van der Waals surface area contributed by atoms with Crippen molar-refractivity contribution in [2.24, 2.45) is 0 Å². The SMILES string of the molecule is O=C1CCCCC2=C1c1c(cccc1[N+](=O)[O-])C2. The van der Waals surface area contributed by atoms with Gasteiger partial charge in [0.2, 0.25) is 0 Å². The maximum Gasteiger partial charge on any atom is 0.277 e. The molecule has 92 valence electrons. The number of ketones is 1.